The maximum Gasteiger partial charge on any atom is 0.343 e. The van der Waals surface area contributed by atoms with Gasteiger partial charge in [-0.05, 0) is 262 Å². The Morgan fingerprint density at radius 1 is 0.267 bits per heavy atom. The van der Waals surface area contributed by atoms with Crippen molar-refractivity contribution in [3.63, 3.8) is 0 Å². The van der Waals surface area contributed by atoms with Crippen molar-refractivity contribution in [2.45, 2.75) is 154 Å². The zero-order chi connectivity index (χ0) is 82.5. The van der Waals surface area contributed by atoms with Crippen molar-refractivity contribution in [3.8, 4) is 28.7 Å². The van der Waals surface area contributed by atoms with Gasteiger partial charge in [0.1, 0.15) is 86.3 Å². The van der Waals surface area contributed by atoms with E-state index in [9.17, 15) is 24.0 Å². The number of ether oxygens (including phenoxy) is 5. The Kier molecular flexibility index (Phi) is 27.8. The topological polar surface area (TPSA) is 132 Å². The van der Waals surface area contributed by atoms with Crippen LogP contribution in [0.5, 0.6) is 28.7 Å². The minimum Gasteiger partial charge on any atom is -0.425 e. The maximum atomic E-state index is 13.4. The van der Waals surface area contributed by atoms with E-state index < -0.39 is 0 Å². The minimum absolute atomic E-state index is 0.0628. The van der Waals surface area contributed by atoms with Crippen LogP contribution < -0.4 is 23.7 Å². The molecule has 5 heterocycles. The molecule has 9 fully saturated rings. The quantitative estimate of drug-likeness (QED) is 0.0423. The Morgan fingerprint density at radius 2 is 0.483 bits per heavy atom. The summed E-state index contributed by atoms with van der Waals surface area (Å²) in [5.74, 6) is 17.3. The monoisotopic (exact) mass is 1690 g/mol. The third-order valence-corrected chi connectivity index (χ3v) is 37.3. The van der Waals surface area contributed by atoms with Gasteiger partial charge in [-0.15, -0.1) is 0 Å². The number of hydrogen-bond donors (Lipinski definition) is 0. The lowest BCUT2D eigenvalue weighted by molar-refractivity contribution is -0.161. The first-order chi connectivity index (χ1) is 58.7. The van der Waals surface area contributed by atoms with Gasteiger partial charge in [-0.1, -0.05) is 141 Å². The summed E-state index contributed by atoms with van der Waals surface area (Å²) < 4.78 is 28.6. The summed E-state index contributed by atoms with van der Waals surface area (Å²) in [5, 5.41) is 11.4. The highest BCUT2D eigenvalue weighted by molar-refractivity contribution is 7.98. The second-order valence-electron chi connectivity index (χ2n) is 33.2. The van der Waals surface area contributed by atoms with Crippen LogP contribution in [-0.4, -0.2) is 87.4 Å². The average molecular weight is 1690 g/mol. The van der Waals surface area contributed by atoms with E-state index >= 15 is 0 Å². The molecule has 0 radical (unpaired) electrons. The number of hydrogen-bond acceptors (Lipinski definition) is 10. The zero-order valence-electron chi connectivity index (χ0n) is 69.2. The summed E-state index contributed by atoms with van der Waals surface area (Å²) in [6, 6.07) is 80.6. The van der Waals surface area contributed by atoms with E-state index in [0.29, 0.717) is 99.7 Å². The summed E-state index contributed by atoms with van der Waals surface area (Å²) in [7, 11) is 1.70. The number of carbonyl (C=O) groups excluding carboxylic acids is 5. The molecule has 614 valence electrons. The van der Waals surface area contributed by atoms with Crippen LogP contribution in [0.25, 0.3) is 53.9 Å². The first kappa shape index (κ1) is 84.1. The molecule has 0 aromatic heterocycles. The van der Waals surface area contributed by atoms with Gasteiger partial charge in [-0.2, -0.15) is 0 Å². The largest absolute Gasteiger partial charge is 0.425 e. The van der Waals surface area contributed by atoms with Crippen molar-refractivity contribution >= 4 is 138 Å². The molecule has 4 saturated carbocycles. The molecule has 12 aromatic carbocycles. The van der Waals surface area contributed by atoms with Gasteiger partial charge in [0.05, 0.1) is 16.5 Å². The molecule has 0 spiro atoms. The van der Waals surface area contributed by atoms with Gasteiger partial charge in [-0.3, -0.25) is 4.79 Å². The molecule has 15 heteroatoms. The highest BCUT2D eigenvalue weighted by Gasteiger charge is 2.56. The van der Waals surface area contributed by atoms with Crippen molar-refractivity contribution in [2.75, 3.05) is 57.5 Å². The molecule has 9 aliphatic rings. The normalized spacial score (nSPS) is 19.7. The summed E-state index contributed by atoms with van der Waals surface area (Å²) in [4.78, 5) is 69.0. The highest BCUT2D eigenvalue weighted by Crippen LogP contribution is 2.61. The lowest BCUT2D eigenvalue weighted by Gasteiger charge is -2.55. The summed E-state index contributed by atoms with van der Waals surface area (Å²) >= 11 is 0. The standard InChI is InChI=1S/C25H29O2S.C22H21O2S.C21H19O2S.C19H21O2S.C18H19O2S/c26-24(25-14-17-11-18(15-25)13-19(12-17)16-25)27-22-7-8-23(28-9-3-4-10-28)21-6-2-1-5-20(21)22;23-22(17-9-3-1-4-10-17)24-20-13-14-21(25-15-7-2-8-16-25)19-12-6-5-11-18(19)20;22-21(16-8-2-1-3-9-16)23-19-12-13-20(24-14-6-7-15-24)18-11-5-4-10-17(18)19;1-14(2)19(20)21-17-10-11-18(22-12-6-3-7-13-22)16-9-5-4-8-15(16)17;1-13(2)18(19)20-16-9-10-17(21-11-5-6-12-21)15-8-4-3-7-14(15)16/h1-2,5-8,17-19H,3-4,9-16H2;1,3-6,9-14H,2,7-8,15-16H2;1-5,8-13H,6-7,14-15H2;4-5,8-11H,1,3,6-7,12-13H2,2H3;3-4,7-10H,1,5-6,11-12H2,2H3/q5*+1. The van der Waals surface area contributed by atoms with Crippen molar-refractivity contribution < 1.29 is 47.7 Å². The number of esters is 5. The van der Waals surface area contributed by atoms with E-state index in [1.54, 1.807) is 38.1 Å². The average Bonchev–Trinajstić information content (AvgIpc) is 0.969. The van der Waals surface area contributed by atoms with E-state index in [1.807, 2.05) is 103 Å². The highest BCUT2D eigenvalue weighted by atomic mass is 32.2. The first-order valence-electron chi connectivity index (χ1n) is 43.2. The third-order valence-electron chi connectivity index (χ3n) is 24.6. The smallest absolute Gasteiger partial charge is 0.343 e. The Labute approximate surface area is 721 Å². The molecule has 4 bridgehead atoms. The second-order valence-corrected chi connectivity index (χ2v) is 44.4. The SMILES string of the molecule is C=C(C)C(=O)Oc1ccc([S+]2CCCC2)c2ccccc12.C=C(C)C(=O)Oc1ccc([S+]2CCCCC2)c2ccccc12.O=C(Oc1ccc([S+]2CCCC2)c2ccccc12)C12CC3CC(CC(C3)C1)C2.O=C(Oc1ccc([S+]2CCCC2)c2ccccc12)c1ccccc1.O=C(Oc1ccc([S+]2CCCCC2)c2ccccc12)c1ccccc1. The molecule has 21 rings (SSSR count). The molecule has 0 N–H and O–H groups in total. The van der Waals surface area contributed by atoms with Crippen LogP contribution >= 0.6 is 0 Å². The van der Waals surface area contributed by atoms with Crippen molar-refractivity contribution in [1.82, 2.24) is 0 Å². The van der Waals surface area contributed by atoms with Crippen LogP contribution in [-0.2, 0) is 68.9 Å². The molecular formula is C105H109O10S5+5. The lowest BCUT2D eigenvalue weighted by Crippen LogP contribution is -2.51. The fourth-order valence-electron chi connectivity index (χ4n) is 19.1. The molecule has 10 nitrogen and oxygen atoms in total. The number of carbonyl (C=O) groups is 5. The Morgan fingerprint density at radius 3 is 0.733 bits per heavy atom. The first-order valence-corrected chi connectivity index (χ1v) is 51.0. The van der Waals surface area contributed by atoms with Crippen molar-refractivity contribution in [1.29, 1.82) is 0 Å². The number of fused-ring (bicyclic) bond motifs is 5. The number of benzene rings is 12. The predicted octanol–water partition coefficient (Wildman–Crippen LogP) is 24.4. The summed E-state index contributed by atoms with van der Waals surface area (Å²) in [6.07, 6.45) is 23.2. The Hall–Kier alpha value is -9.48. The van der Waals surface area contributed by atoms with Gasteiger partial charge in [0, 0.05) is 119 Å². The molecule has 0 amide bonds. The predicted molar refractivity (Wildman–Crippen MR) is 502 cm³/mol. The van der Waals surface area contributed by atoms with E-state index in [0.717, 1.165) is 69.7 Å². The molecule has 5 aliphatic heterocycles. The van der Waals surface area contributed by atoms with Crippen LogP contribution in [0, 0.1) is 23.2 Å². The number of rotatable bonds is 15. The minimum atomic E-state index is -0.365. The molecule has 5 saturated heterocycles. The van der Waals surface area contributed by atoms with Gasteiger partial charge >= 0.3 is 29.8 Å². The van der Waals surface area contributed by atoms with E-state index in [1.165, 1.54) is 205 Å². The van der Waals surface area contributed by atoms with Crippen LogP contribution in [0.15, 0.2) is 291 Å². The van der Waals surface area contributed by atoms with Gasteiger partial charge in [0.2, 0.25) is 0 Å². The third kappa shape index (κ3) is 19.7. The van der Waals surface area contributed by atoms with Crippen LogP contribution in [0.3, 0.4) is 0 Å². The molecule has 4 aliphatic carbocycles. The van der Waals surface area contributed by atoms with E-state index in [4.69, 9.17) is 23.7 Å². The molecule has 0 atom stereocenters. The second kappa shape index (κ2) is 39.6. The van der Waals surface area contributed by atoms with Gasteiger partial charge in [-0.25, -0.2) is 19.2 Å². The molecule has 120 heavy (non-hydrogen) atoms. The fraction of sp³-hybridized carbons (Fsp3) is 0.324. The molecule has 12 aromatic rings. The van der Waals surface area contributed by atoms with Gasteiger partial charge in [0.15, 0.2) is 24.5 Å². The molecular weight excluding hydrogens is 1580 g/mol. The fourth-order valence-corrected chi connectivity index (χ4v) is 31.6. The van der Waals surface area contributed by atoms with Crippen LogP contribution in [0.2, 0.25) is 0 Å². The van der Waals surface area contributed by atoms with Gasteiger partial charge < -0.3 is 23.7 Å². The van der Waals surface area contributed by atoms with E-state index in [2.05, 4.69) is 128 Å². The molecule has 0 unspecified atom stereocenters. The lowest BCUT2D eigenvalue weighted by atomic mass is 9.49. The van der Waals surface area contributed by atoms with Crippen LogP contribution in [0.1, 0.15) is 150 Å². The Bertz CT molecular complexity index is 5680. The van der Waals surface area contributed by atoms with Crippen molar-refractivity contribution in [2.24, 2.45) is 23.2 Å². The Balaban J connectivity index is 0.000000112. The summed E-state index contributed by atoms with van der Waals surface area (Å²) in [6.45, 7) is 10.6. The zero-order valence-corrected chi connectivity index (χ0v) is 73.2. The van der Waals surface area contributed by atoms with Crippen LogP contribution in [0.4, 0.5) is 0 Å². The maximum absolute atomic E-state index is 13.4. The van der Waals surface area contributed by atoms with E-state index in [-0.39, 0.29) is 35.3 Å². The summed E-state index contributed by atoms with van der Waals surface area (Å²) in [5.41, 5.74) is 1.79. The van der Waals surface area contributed by atoms with Crippen molar-refractivity contribution in [3.05, 3.63) is 278 Å². The van der Waals surface area contributed by atoms with Gasteiger partial charge in [0.25, 0.3) is 0 Å².